The summed E-state index contributed by atoms with van der Waals surface area (Å²) < 4.78 is 9.49. The molecule has 0 saturated heterocycles. The Bertz CT molecular complexity index is 353. The number of rotatable bonds is 5. The molecule has 0 fully saturated rings. The molecule has 0 radical (unpaired) electrons. The van der Waals surface area contributed by atoms with Gasteiger partial charge in [-0.3, -0.25) is 10.1 Å². The van der Waals surface area contributed by atoms with Crippen molar-refractivity contribution in [1.29, 1.82) is 0 Å². The Morgan fingerprint density at radius 1 is 1.33 bits per heavy atom. The van der Waals surface area contributed by atoms with E-state index in [9.17, 15) is 14.9 Å². The maximum Gasteiger partial charge on any atom is 0.343 e. The van der Waals surface area contributed by atoms with Crippen molar-refractivity contribution in [1.82, 2.24) is 0 Å². The van der Waals surface area contributed by atoms with Crippen molar-refractivity contribution in [2.45, 2.75) is 13.3 Å². The van der Waals surface area contributed by atoms with Crippen LogP contribution in [0.25, 0.3) is 0 Å². The number of methoxy groups -OCH3 is 1. The summed E-state index contributed by atoms with van der Waals surface area (Å²) in [6.07, 6.45) is 0.632. The number of nitrogens with zero attached hydrogens (tertiary/aromatic N) is 1. The summed E-state index contributed by atoms with van der Waals surface area (Å²) in [7, 11) is 1.33. The van der Waals surface area contributed by atoms with Crippen molar-refractivity contribution in [3.8, 4) is 5.75 Å². The molecule has 0 spiro atoms. The molecule has 0 amide bonds. The number of nitro groups is 1. The van der Waals surface area contributed by atoms with Crippen LogP contribution < -0.4 is 4.74 Å². The minimum Gasteiger partial charge on any atom is -0.482 e. The Kier molecular flexibility index (Phi) is 8.89. The summed E-state index contributed by atoms with van der Waals surface area (Å²) in [6, 6.07) is 9.12. The van der Waals surface area contributed by atoms with E-state index in [4.69, 9.17) is 4.74 Å². The predicted octanol–water partition coefficient (Wildman–Crippen LogP) is 1.91. The van der Waals surface area contributed by atoms with Crippen LogP contribution in [0, 0.1) is 10.1 Å². The highest BCUT2D eigenvalue weighted by molar-refractivity contribution is 5.70. The first-order valence-corrected chi connectivity index (χ1v) is 5.46. The van der Waals surface area contributed by atoms with Gasteiger partial charge in [-0.1, -0.05) is 25.1 Å². The standard InChI is InChI=1S/C9H10O3.C3H7NO2/c1-11-9(10)7-12-8-5-3-2-4-6-8;1-2-3-4(5)6/h2-6H,7H2,1H3;2-3H2,1H3. The van der Waals surface area contributed by atoms with Crippen LogP contribution in [-0.2, 0) is 9.53 Å². The van der Waals surface area contributed by atoms with Crippen LogP contribution in [-0.4, -0.2) is 31.2 Å². The third-order valence-corrected chi connectivity index (χ3v) is 1.73. The van der Waals surface area contributed by atoms with Crippen LogP contribution >= 0.6 is 0 Å². The lowest BCUT2D eigenvalue weighted by atomic mass is 10.3. The first-order valence-electron chi connectivity index (χ1n) is 5.46. The van der Waals surface area contributed by atoms with Gasteiger partial charge in [0.15, 0.2) is 6.61 Å². The largest absolute Gasteiger partial charge is 0.482 e. The second-order valence-electron chi connectivity index (χ2n) is 3.23. The van der Waals surface area contributed by atoms with Crippen molar-refractivity contribution < 1.29 is 19.2 Å². The van der Waals surface area contributed by atoms with Gasteiger partial charge in [-0.15, -0.1) is 0 Å². The molecular weight excluding hydrogens is 238 g/mol. The molecule has 0 aromatic heterocycles. The second-order valence-corrected chi connectivity index (χ2v) is 3.23. The molecule has 0 aliphatic carbocycles. The fourth-order valence-electron chi connectivity index (χ4n) is 0.900. The van der Waals surface area contributed by atoms with Crippen molar-refractivity contribution in [3.05, 3.63) is 40.4 Å². The molecule has 0 aliphatic heterocycles. The SMILES string of the molecule is CCC[N+](=O)[O-].COC(=O)COc1ccccc1. The average molecular weight is 255 g/mol. The van der Waals surface area contributed by atoms with E-state index in [1.54, 1.807) is 19.1 Å². The van der Waals surface area contributed by atoms with Crippen LogP contribution in [0.3, 0.4) is 0 Å². The van der Waals surface area contributed by atoms with Gasteiger partial charge in [0.1, 0.15) is 5.75 Å². The van der Waals surface area contributed by atoms with E-state index >= 15 is 0 Å². The van der Waals surface area contributed by atoms with Crippen LogP contribution in [0.4, 0.5) is 0 Å². The lowest BCUT2D eigenvalue weighted by Crippen LogP contribution is -2.12. The lowest BCUT2D eigenvalue weighted by molar-refractivity contribution is -0.479. The molecule has 6 heteroatoms. The van der Waals surface area contributed by atoms with Gasteiger partial charge in [-0.25, -0.2) is 4.79 Å². The molecule has 18 heavy (non-hydrogen) atoms. The number of benzene rings is 1. The third kappa shape index (κ3) is 9.14. The molecule has 0 saturated carbocycles. The third-order valence-electron chi connectivity index (χ3n) is 1.73. The highest BCUT2D eigenvalue weighted by atomic mass is 16.6. The maximum atomic E-state index is 10.6. The number of para-hydroxylation sites is 1. The summed E-state index contributed by atoms with van der Waals surface area (Å²) in [5.41, 5.74) is 0. The van der Waals surface area contributed by atoms with Gasteiger partial charge in [-0.05, 0) is 12.1 Å². The van der Waals surface area contributed by atoms with Gasteiger partial charge >= 0.3 is 5.97 Å². The van der Waals surface area contributed by atoms with E-state index in [1.165, 1.54) is 7.11 Å². The Morgan fingerprint density at radius 3 is 2.33 bits per heavy atom. The number of ether oxygens (including phenoxy) is 2. The first-order chi connectivity index (χ1) is 8.60. The molecular formula is C12H17NO5. The second kappa shape index (κ2) is 10.1. The fourth-order valence-corrected chi connectivity index (χ4v) is 0.900. The highest BCUT2D eigenvalue weighted by Gasteiger charge is 1.99. The molecule has 0 bridgehead atoms. The number of carbonyl (C=O) groups is 1. The lowest BCUT2D eigenvalue weighted by Gasteiger charge is -2.02. The topological polar surface area (TPSA) is 78.7 Å². The Morgan fingerprint density at radius 2 is 1.94 bits per heavy atom. The van der Waals surface area contributed by atoms with Gasteiger partial charge in [0.25, 0.3) is 0 Å². The molecule has 1 rings (SSSR count). The first kappa shape index (κ1) is 15.9. The zero-order valence-corrected chi connectivity index (χ0v) is 10.5. The molecule has 0 N–H and O–H groups in total. The van der Waals surface area contributed by atoms with E-state index in [2.05, 4.69) is 4.74 Å². The van der Waals surface area contributed by atoms with E-state index in [1.807, 2.05) is 18.2 Å². The van der Waals surface area contributed by atoms with E-state index < -0.39 is 0 Å². The Labute approximate surface area is 106 Å². The molecule has 6 nitrogen and oxygen atoms in total. The minimum atomic E-state index is -0.376. The number of carbonyl (C=O) groups excluding carboxylic acids is 1. The Hall–Kier alpha value is -2.11. The molecule has 1 aromatic rings. The van der Waals surface area contributed by atoms with Crippen molar-refractivity contribution in [2.24, 2.45) is 0 Å². The average Bonchev–Trinajstić information content (AvgIpc) is 2.37. The number of hydrogen-bond acceptors (Lipinski definition) is 5. The van der Waals surface area contributed by atoms with Gasteiger partial charge < -0.3 is 9.47 Å². The van der Waals surface area contributed by atoms with Crippen LogP contribution in [0.5, 0.6) is 5.75 Å². The molecule has 0 atom stereocenters. The molecule has 100 valence electrons. The summed E-state index contributed by atoms with van der Waals surface area (Å²) in [6.45, 7) is 1.84. The van der Waals surface area contributed by atoms with E-state index in [-0.39, 0.29) is 24.0 Å². The van der Waals surface area contributed by atoms with Crippen LogP contribution in [0.1, 0.15) is 13.3 Å². The smallest absolute Gasteiger partial charge is 0.343 e. The van der Waals surface area contributed by atoms with Crippen LogP contribution in [0.15, 0.2) is 30.3 Å². The molecule has 0 heterocycles. The van der Waals surface area contributed by atoms with Crippen molar-refractivity contribution in [2.75, 3.05) is 20.3 Å². The number of esters is 1. The van der Waals surface area contributed by atoms with E-state index in [0.29, 0.717) is 12.2 Å². The molecule has 0 aliphatic rings. The van der Waals surface area contributed by atoms with Gasteiger partial charge in [0.2, 0.25) is 6.54 Å². The zero-order chi connectivity index (χ0) is 13.8. The van der Waals surface area contributed by atoms with Crippen LogP contribution in [0.2, 0.25) is 0 Å². The Balaban J connectivity index is 0.000000411. The normalized spacial score (nSPS) is 8.78. The van der Waals surface area contributed by atoms with E-state index in [0.717, 1.165) is 0 Å². The summed E-state index contributed by atoms with van der Waals surface area (Å²) in [5, 5.41) is 9.40. The monoisotopic (exact) mass is 255 g/mol. The molecule has 1 aromatic carbocycles. The summed E-state index contributed by atoms with van der Waals surface area (Å²) in [5.74, 6) is 0.293. The fraction of sp³-hybridized carbons (Fsp3) is 0.417. The zero-order valence-electron chi connectivity index (χ0n) is 10.5. The van der Waals surface area contributed by atoms with Gasteiger partial charge in [0, 0.05) is 11.3 Å². The van der Waals surface area contributed by atoms with Crippen molar-refractivity contribution in [3.63, 3.8) is 0 Å². The number of hydrogen-bond donors (Lipinski definition) is 0. The maximum absolute atomic E-state index is 10.6. The van der Waals surface area contributed by atoms with Crippen molar-refractivity contribution >= 4 is 5.97 Å². The van der Waals surface area contributed by atoms with Gasteiger partial charge in [-0.2, -0.15) is 0 Å². The molecule has 0 unspecified atom stereocenters. The minimum absolute atomic E-state index is 0.0412. The van der Waals surface area contributed by atoms with Gasteiger partial charge in [0.05, 0.1) is 7.11 Å². The quantitative estimate of drug-likeness (QED) is 0.456. The highest BCUT2D eigenvalue weighted by Crippen LogP contribution is 2.07. The summed E-state index contributed by atoms with van der Waals surface area (Å²) >= 11 is 0. The predicted molar refractivity (Wildman–Crippen MR) is 66.1 cm³/mol. The summed E-state index contributed by atoms with van der Waals surface area (Å²) in [4.78, 5) is 19.7.